The molecule has 5 aliphatic rings. The summed E-state index contributed by atoms with van der Waals surface area (Å²) in [5, 5.41) is 0. The first-order valence-corrected chi connectivity index (χ1v) is 24.0. The van der Waals surface area contributed by atoms with Crippen molar-refractivity contribution in [3.63, 3.8) is 0 Å². The lowest BCUT2D eigenvalue weighted by molar-refractivity contribution is 0.195. The quantitative estimate of drug-likeness (QED) is 0.160. The molecule has 11 rings (SSSR count). The van der Waals surface area contributed by atoms with Gasteiger partial charge in [0.15, 0.2) is 0 Å². The van der Waals surface area contributed by atoms with Crippen LogP contribution in [0.3, 0.4) is 0 Å². The van der Waals surface area contributed by atoms with Crippen LogP contribution in [0.25, 0.3) is 22.3 Å². The number of benzene rings is 6. The van der Waals surface area contributed by atoms with E-state index < -0.39 is 0 Å². The molecule has 0 amide bonds. The van der Waals surface area contributed by atoms with Crippen molar-refractivity contribution in [1.82, 2.24) is 0 Å². The summed E-state index contributed by atoms with van der Waals surface area (Å²) in [6, 6.07) is 41.5. The summed E-state index contributed by atoms with van der Waals surface area (Å²) in [5.74, 6) is 0. The van der Waals surface area contributed by atoms with E-state index in [0.717, 1.165) is 0 Å². The van der Waals surface area contributed by atoms with Crippen LogP contribution in [0.15, 0.2) is 103 Å². The Kier molecular flexibility index (Phi) is 8.30. The zero-order valence-electron chi connectivity index (χ0n) is 40.6. The molecule has 6 aromatic carbocycles. The van der Waals surface area contributed by atoms with Crippen molar-refractivity contribution in [2.24, 2.45) is 0 Å². The minimum absolute atomic E-state index is 0.00530. The molecule has 0 N–H and O–H groups in total. The molecule has 0 radical (unpaired) electrons. The first-order chi connectivity index (χ1) is 29.6. The van der Waals surface area contributed by atoms with E-state index in [2.05, 4.69) is 210 Å². The molecule has 1 saturated carbocycles. The Balaban J connectivity index is 1.31. The number of nitrogens with zero attached hydrogens (tertiary/aromatic N) is 2. The second-order valence-corrected chi connectivity index (χ2v) is 24.3. The predicted octanol–water partition coefficient (Wildman–Crippen LogP) is 14.2. The molecule has 2 unspecified atom stereocenters. The van der Waals surface area contributed by atoms with Crippen molar-refractivity contribution in [2.45, 2.75) is 155 Å². The van der Waals surface area contributed by atoms with Crippen molar-refractivity contribution < 1.29 is 0 Å². The summed E-state index contributed by atoms with van der Waals surface area (Å²) in [5.41, 5.74) is 26.4. The normalized spacial score (nSPS) is 21.4. The summed E-state index contributed by atoms with van der Waals surface area (Å²) in [6.45, 7) is 34.0. The Labute approximate surface area is 379 Å². The van der Waals surface area contributed by atoms with Gasteiger partial charge in [-0.3, -0.25) is 0 Å². The van der Waals surface area contributed by atoms with Crippen LogP contribution in [-0.2, 0) is 27.1 Å². The highest BCUT2D eigenvalue weighted by Crippen LogP contribution is 2.63. The fraction of sp³-hybridized carbons (Fsp3) is 0.400. The van der Waals surface area contributed by atoms with E-state index in [-0.39, 0.29) is 39.3 Å². The average Bonchev–Trinajstić information content (AvgIpc) is 3.58. The lowest BCUT2D eigenvalue weighted by atomic mass is 9.33. The van der Waals surface area contributed by atoms with Gasteiger partial charge in [-0.15, -0.1) is 0 Å². The highest BCUT2D eigenvalue weighted by atomic mass is 15.3. The van der Waals surface area contributed by atoms with Gasteiger partial charge in [-0.05, 0) is 134 Å². The fourth-order valence-corrected chi connectivity index (χ4v) is 13.0. The lowest BCUT2D eigenvalue weighted by Gasteiger charge is -2.53. The Hall–Kier alpha value is -5.02. The molecule has 0 saturated heterocycles. The van der Waals surface area contributed by atoms with Crippen LogP contribution < -0.4 is 26.2 Å². The standard InChI is InChI=1S/C60H67BN2/c1-36-30-49-52-50(31-36)63-53-45(59(13)28-18-19-29-60(59,63)14)34-40(57(8,9)10)35-47(53)61(52)46-26-25-43-51(41-24-22-39(56(5,6)7)33-44(41)58(43,11)12)54(46)62(49)48-27-23-38(55(2,3)4)32-42(48)37-20-16-15-17-21-37/h15-17,20-27,30-35H,18-19,28-29H2,1-14H3. The van der Waals surface area contributed by atoms with Crippen LogP contribution in [0.1, 0.15) is 155 Å². The topological polar surface area (TPSA) is 6.48 Å². The molecule has 1 fully saturated rings. The largest absolute Gasteiger partial charge is 0.335 e. The van der Waals surface area contributed by atoms with E-state index in [1.807, 2.05) is 0 Å². The van der Waals surface area contributed by atoms with Gasteiger partial charge in [-0.2, -0.15) is 0 Å². The molecular weight excluding hydrogens is 759 g/mol. The predicted molar refractivity (Wildman–Crippen MR) is 272 cm³/mol. The molecule has 320 valence electrons. The minimum atomic E-state index is -0.168. The Morgan fingerprint density at radius 1 is 0.524 bits per heavy atom. The summed E-state index contributed by atoms with van der Waals surface area (Å²) in [4.78, 5) is 5.65. The maximum Gasteiger partial charge on any atom is 0.252 e. The van der Waals surface area contributed by atoms with Gasteiger partial charge in [0.25, 0.3) is 6.71 Å². The average molecular weight is 827 g/mol. The first kappa shape index (κ1) is 40.7. The number of hydrogen-bond acceptors (Lipinski definition) is 2. The number of rotatable bonds is 2. The first-order valence-electron chi connectivity index (χ1n) is 24.0. The fourth-order valence-electron chi connectivity index (χ4n) is 13.0. The summed E-state index contributed by atoms with van der Waals surface area (Å²) in [6.07, 6.45) is 4.96. The van der Waals surface area contributed by atoms with Gasteiger partial charge in [-0.25, -0.2) is 0 Å². The summed E-state index contributed by atoms with van der Waals surface area (Å²) >= 11 is 0. The SMILES string of the molecule is Cc1cc2c3c(c1)N1c4c(cc(C(C)(C)C)cc4C4(C)CCCCC14C)B3c1ccc3c(c1N2c1ccc(C(C)(C)C)cc1-c1ccccc1)-c1ccc(C(C)(C)C)cc1C3(C)C. The summed E-state index contributed by atoms with van der Waals surface area (Å²) in [7, 11) is 0. The second kappa shape index (κ2) is 12.8. The molecular formula is C60H67BN2. The van der Waals surface area contributed by atoms with Gasteiger partial charge in [0.1, 0.15) is 0 Å². The van der Waals surface area contributed by atoms with Crippen LogP contribution in [0, 0.1) is 6.92 Å². The lowest BCUT2D eigenvalue weighted by Crippen LogP contribution is -2.64. The van der Waals surface area contributed by atoms with E-state index in [1.54, 1.807) is 5.56 Å². The van der Waals surface area contributed by atoms with Gasteiger partial charge in [0.05, 0.1) is 11.2 Å². The molecule has 3 aliphatic heterocycles. The molecule has 3 heterocycles. The molecule has 2 aliphatic carbocycles. The van der Waals surface area contributed by atoms with Gasteiger partial charge < -0.3 is 9.80 Å². The monoisotopic (exact) mass is 827 g/mol. The van der Waals surface area contributed by atoms with Crippen LogP contribution in [0.5, 0.6) is 0 Å². The van der Waals surface area contributed by atoms with Crippen LogP contribution in [0.2, 0.25) is 0 Å². The van der Waals surface area contributed by atoms with Crippen LogP contribution >= 0.6 is 0 Å². The third-order valence-electron chi connectivity index (χ3n) is 16.9. The summed E-state index contributed by atoms with van der Waals surface area (Å²) < 4.78 is 0. The van der Waals surface area contributed by atoms with Gasteiger partial charge in [0.2, 0.25) is 0 Å². The van der Waals surface area contributed by atoms with Crippen molar-refractivity contribution in [3.8, 4) is 22.3 Å². The molecule has 0 aromatic heterocycles. The molecule has 2 nitrogen and oxygen atoms in total. The zero-order chi connectivity index (χ0) is 44.6. The zero-order valence-corrected chi connectivity index (χ0v) is 40.6. The molecule has 0 bridgehead atoms. The minimum Gasteiger partial charge on any atom is -0.335 e. The maximum atomic E-state index is 2.90. The number of fused-ring (bicyclic) bond motifs is 11. The molecule has 2 atom stereocenters. The van der Waals surface area contributed by atoms with E-state index >= 15 is 0 Å². The van der Waals surface area contributed by atoms with Crippen LogP contribution in [0.4, 0.5) is 28.4 Å². The van der Waals surface area contributed by atoms with E-state index in [9.17, 15) is 0 Å². The number of aryl methyl sites for hydroxylation is 1. The molecule has 3 heteroatoms. The van der Waals surface area contributed by atoms with E-state index in [4.69, 9.17) is 0 Å². The third-order valence-corrected chi connectivity index (χ3v) is 16.9. The molecule has 6 aromatic rings. The molecule has 63 heavy (non-hydrogen) atoms. The smallest absolute Gasteiger partial charge is 0.252 e. The highest BCUT2D eigenvalue weighted by molar-refractivity contribution is 7.00. The Bertz CT molecular complexity index is 2930. The van der Waals surface area contributed by atoms with Gasteiger partial charge in [0, 0.05) is 44.7 Å². The van der Waals surface area contributed by atoms with E-state index in [0.29, 0.717) is 0 Å². The van der Waals surface area contributed by atoms with Crippen molar-refractivity contribution >= 4 is 51.5 Å². The van der Waals surface area contributed by atoms with Crippen molar-refractivity contribution in [2.75, 3.05) is 9.80 Å². The highest BCUT2D eigenvalue weighted by Gasteiger charge is 2.62. The molecule has 0 spiro atoms. The Morgan fingerprint density at radius 2 is 1.16 bits per heavy atom. The van der Waals surface area contributed by atoms with Crippen molar-refractivity contribution in [1.29, 1.82) is 0 Å². The maximum absolute atomic E-state index is 2.90. The number of anilines is 5. The number of hydrogen-bond donors (Lipinski definition) is 0. The van der Waals surface area contributed by atoms with E-state index in [1.165, 1.54) is 126 Å². The third kappa shape index (κ3) is 5.44. The van der Waals surface area contributed by atoms with Gasteiger partial charge >= 0.3 is 0 Å². The Morgan fingerprint density at radius 3 is 1.86 bits per heavy atom. The van der Waals surface area contributed by atoms with Gasteiger partial charge in [-0.1, -0.05) is 175 Å². The second-order valence-electron chi connectivity index (χ2n) is 24.3. The van der Waals surface area contributed by atoms with Crippen molar-refractivity contribution in [3.05, 3.63) is 142 Å². The van der Waals surface area contributed by atoms with Crippen LogP contribution in [-0.4, -0.2) is 12.3 Å².